The van der Waals surface area contributed by atoms with Crippen LogP contribution in [0.4, 0.5) is 5.69 Å². The van der Waals surface area contributed by atoms with Crippen LogP contribution in [0.3, 0.4) is 0 Å². The number of aryl methyl sites for hydroxylation is 2. The van der Waals surface area contributed by atoms with Gasteiger partial charge in [0.2, 0.25) is 5.91 Å². The predicted molar refractivity (Wildman–Crippen MR) is 122 cm³/mol. The minimum atomic E-state index is -0.00820. The van der Waals surface area contributed by atoms with Gasteiger partial charge in [-0.25, -0.2) is 0 Å². The highest BCUT2D eigenvalue weighted by Crippen LogP contribution is 2.18. The maximum absolute atomic E-state index is 12.8. The van der Waals surface area contributed by atoms with E-state index in [2.05, 4.69) is 29.3 Å². The van der Waals surface area contributed by atoms with E-state index in [-0.39, 0.29) is 11.8 Å². The van der Waals surface area contributed by atoms with Gasteiger partial charge >= 0.3 is 0 Å². The van der Waals surface area contributed by atoms with Crippen LogP contribution in [0.2, 0.25) is 0 Å². The maximum Gasteiger partial charge on any atom is 0.253 e. The van der Waals surface area contributed by atoms with E-state index in [0.29, 0.717) is 32.7 Å². The van der Waals surface area contributed by atoms with E-state index in [0.717, 1.165) is 23.2 Å². The average Bonchev–Trinajstić information content (AvgIpc) is 2.76. The molecule has 1 aliphatic heterocycles. The van der Waals surface area contributed by atoms with E-state index < -0.39 is 0 Å². The molecule has 5 heteroatoms. The van der Waals surface area contributed by atoms with Crippen LogP contribution in [0, 0.1) is 13.8 Å². The third-order valence-corrected chi connectivity index (χ3v) is 5.93. The van der Waals surface area contributed by atoms with Gasteiger partial charge in [-0.15, -0.1) is 0 Å². The first-order valence-electron chi connectivity index (χ1n) is 10.9. The van der Waals surface area contributed by atoms with Crippen molar-refractivity contribution < 1.29 is 9.59 Å². The van der Waals surface area contributed by atoms with Crippen LogP contribution in [0.1, 0.15) is 46.8 Å². The number of rotatable bonds is 7. The first kappa shape index (κ1) is 22.0. The quantitative estimate of drug-likeness (QED) is 0.754. The molecule has 0 atom stereocenters. The van der Waals surface area contributed by atoms with Gasteiger partial charge in [-0.2, -0.15) is 0 Å². The largest absolute Gasteiger partial charge is 0.336 e. The lowest BCUT2D eigenvalue weighted by Gasteiger charge is -2.34. The molecule has 5 nitrogen and oxygen atoms in total. The summed E-state index contributed by atoms with van der Waals surface area (Å²) in [5.74, 6) is 0.0719. The summed E-state index contributed by atoms with van der Waals surface area (Å²) in [6.45, 7) is 9.30. The second kappa shape index (κ2) is 10.4. The fraction of sp³-hybridized carbons (Fsp3) is 0.440. The number of nitrogens with one attached hydrogen (secondary N) is 1. The van der Waals surface area contributed by atoms with Gasteiger partial charge in [-0.05, 0) is 61.6 Å². The van der Waals surface area contributed by atoms with Crippen LogP contribution in [0.25, 0.3) is 0 Å². The molecular formula is C25H33N3O2. The van der Waals surface area contributed by atoms with Crippen molar-refractivity contribution in [2.75, 3.05) is 38.0 Å². The van der Waals surface area contributed by atoms with Gasteiger partial charge in [-0.1, -0.05) is 37.6 Å². The minimum absolute atomic E-state index is 0.00820. The summed E-state index contributed by atoms with van der Waals surface area (Å²) >= 11 is 0. The number of piperazine rings is 1. The molecule has 1 saturated heterocycles. The van der Waals surface area contributed by atoms with Gasteiger partial charge in [0.15, 0.2) is 0 Å². The van der Waals surface area contributed by atoms with Gasteiger partial charge in [0, 0.05) is 37.4 Å². The molecule has 2 aromatic rings. The summed E-state index contributed by atoms with van der Waals surface area (Å²) < 4.78 is 0. The van der Waals surface area contributed by atoms with Crippen LogP contribution < -0.4 is 5.32 Å². The summed E-state index contributed by atoms with van der Waals surface area (Å²) in [6.07, 6.45) is 3.41. The van der Waals surface area contributed by atoms with E-state index >= 15 is 0 Å². The third-order valence-electron chi connectivity index (χ3n) is 5.93. The minimum Gasteiger partial charge on any atom is -0.336 e. The Kier molecular flexibility index (Phi) is 7.63. The lowest BCUT2D eigenvalue weighted by Crippen LogP contribution is -2.50. The molecule has 2 aromatic carbocycles. The standard InChI is InChI=1S/C25H33N3O2/c1-4-5-8-21-10-12-22(13-11-21)25(30)28-16-14-27(15-17-28)18-24(29)26-23-9-6-7-19(2)20(23)3/h6-7,9-13H,4-5,8,14-18H2,1-3H3,(H,26,29). The van der Waals surface area contributed by atoms with Crippen molar-refractivity contribution in [3.63, 3.8) is 0 Å². The summed E-state index contributed by atoms with van der Waals surface area (Å²) in [7, 11) is 0. The fourth-order valence-corrected chi connectivity index (χ4v) is 3.77. The molecule has 0 spiro atoms. The number of unbranched alkanes of at least 4 members (excludes halogenated alkanes) is 1. The summed E-state index contributed by atoms with van der Waals surface area (Å²) in [6, 6.07) is 13.9. The van der Waals surface area contributed by atoms with Gasteiger partial charge in [-0.3, -0.25) is 14.5 Å². The van der Waals surface area contributed by atoms with Crippen molar-refractivity contribution in [1.82, 2.24) is 9.80 Å². The zero-order valence-electron chi connectivity index (χ0n) is 18.4. The molecule has 0 saturated carbocycles. The van der Waals surface area contributed by atoms with Crippen molar-refractivity contribution >= 4 is 17.5 Å². The summed E-state index contributed by atoms with van der Waals surface area (Å²) in [4.78, 5) is 29.2. The van der Waals surface area contributed by atoms with Gasteiger partial charge in [0.05, 0.1) is 6.54 Å². The van der Waals surface area contributed by atoms with E-state index in [1.54, 1.807) is 0 Å². The van der Waals surface area contributed by atoms with Gasteiger partial charge < -0.3 is 10.2 Å². The Morgan fingerprint density at radius 3 is 2.33 bits per heavy atom. The number of amides is 2. The topological polar surface area (TPSA) is 52.7 Å². The van der Waals surface area contributed by atoms with E-state index in [1.165, 1.54) is 24.0 Å². The molecule has 0 unspecified atom stereocenters. The van der Waals surface area contributed by atoms with Crippen molar-refractivity contribution in [2.24, 2.45) is 0 Å². The third kappa shape index (κ3) is 5.70. The van der Waals surface area contributed by atoms with Crippen LogP contribution in [0.15, 0.2) is 42.5 Å². The highest BCUT2D eigenvalue weighted by Gasteiger charge is 2.23. The maximum atomic E-state index is 12.8. The Bertz CT molecular complexity index is 868. The molecule has 2 amide bonds. The molecule has 160 valence electrons. The van der Waals surface area contributed by atoms with Gasteiger partial charge in [0.25, 0.3) is 5.91 Å². The number of hydrogen-bond acceptors (Lipinski definition) is 3. The highest BCUT2D eigenvalue weighted by molar-refractivity contribution is 5.94. The lowest BCUT2D eigenvalue weighted by atomic mass is 10.1. The van der Waals surface area contributed by atoms with Crippen molar-refractivity contribution in [3.05, 3.63) is 64.7 Å². The van der Waals surface area contributed by atoms with E-state index in [1.807, 2.05) is 49.1 Å². The highest BCUT2D eigenvalue weighted by atomic mass is 16.2. The molecule has 0 aromatic heterocycles. The molecule has 30 heavy (non-hydrogen) atoms. The summed E-state index contributed by atoms with van der Waals surface area (Å²) in [5, 5.41) is 3.02. The normalized spacial score (nSPS) is 14.6. The van der Waals surface area contributed by atoms with Crippen LogP contribution in [0.5, 0.6) is 0 Å². The number of carbonyl (C=O) groups excluding carboxylic acids is 2. The van der Waals surface area contributed by atoms with E-state index in [4.69, 9.17) is 0 Å². The first-order chi connectivity index (χ1) is 14.5. The number of hydrogen-bond donors (Lipinski definition) is 1. The molecule has 0 radical (unpaired) electrons. The molecule has 1 heterocycles. The van der Waals surface area contributed by atoms with Crippen molar-refractivity contribution in [1.29, 1.82) is 0 Å². The van der Waals surface area contributed by atoms with Crippen LogP contribution >= 0.6 is 0 Å². The fourth-order valence-electron chi connectivity index (χ4n) is 3.77. The number of anilines is 1. The summed E-state index contributed by atoms with van der Waals surface area (Å²) in [5.41, 5.74) is 5.17. The average molecular weight is 408 g/mol. The zero-order valence-corrected chi connectivity index (χ0v) is 18.4. The van der Waals surface area contributed by atoms with Gasteiger partial charge in [0.1, 0.15) is 0 Å². The first-order valence-corrected chi connectivity index (χ1v) is 10.9. The molecular weight excluding hydrogens is 374 g/mol. The molecule has 0 aliphatic carbocycles. The van der Waals surface area contributed by atoms with Crippen LogP contribution in [-0.4, -0.2) is 54.3 Å². The zero-order chi connectivity index (χ0) is 21.5. The number of nitrogens with zero attached hydrogens (tertiary/aromatic N) is 2. The Morgan fingerprint density at radius 2 is 1.67 bits per heavy atom. The lowest BCUT2D eigenvalue weighted by molar-refractivity contribution is -0.117. The number of benzene rings is 2. The second-order valence-corrected chi connectivity index (χ2v) is 8.16. The Labute approximate surface area is 180 Å². The molecule has 1 N–H and O–H groups in total. The van der Waals surface area contributed by atoms with Crippen molar-refractivity contribution in [2.45, 2.75) is 40.0 Å². The Hall–Kier alpha value is -2.66. The Balaban J connectivity index is 1.47. The smallest absolute Gasteiger partial charge is 0.253 e. The molecule has 1 fully saturated rings. The second-order valence-electron chi connectivity index (χ2n) is 8.16. The molecule has 1 aliphatic rings. The van der Waals surface area contributed by atoms with E-state index in [9.17, 15) is 9.59 Å². The van der Waals surface area contributed by atoms with Crippen molar-refractivity contribution in [3.8, 4) is 0 Å². The van der Waals surface area contributed by atoms with Crippen LogP contribution in [-0.2, 0) is 11.2 Å². The monoisotopic (exact) mass is 407 g/mol. The SMILES string of the molecule is CCCCc1ccc(C(=O)N2CCN(CC(=O)Nc3cccc(C)c3C)CC2)cc1. The molecule has 3 rings (SSSR count). The molecule has 0 bridgehead atoms. The Morgan fingerprint density at radius 1 is 0.967 bits per heavy atom. The number of carbonyl (C=O) groups is 2. The predicted octanol–water partition coefficient (Wildman–Crippen LogP) is 4.04.